The number of nitrogens with two attached hydrogens (primary N) is 1. The van der Waals surface area contributed by atoms with Gasteiger partial charge >= 0.3 is 5.97 Å². The van der Waals surface area contributed by atoms with E-state index >= 15 is 0 Å². The van der Waals surface area contributed by atoms with E-state index in [2.05, 4.69) is 9.88 Å². The highest BCUT2D eigenvalue weighted by molar-refractivity contribution is 5.74. The molecule has 0 saturated carbocycles. The molecule has 0 rings (SSSR count). The number of hydrogen-bond donors (Lipinski definition) is 1. The first-order valence-corrected chi connectivity index (χ1v) is 2.14. The van der Waals surface area contributed by atoms with Crippen LogP contribution in [0.15, 0.2) is 5.34 Å². The largest absolute Gasteiger partial charge is 0.374 e. The number of nitrogens with zero attached hydrogens (tertiary/aromatic N) is 1. The molecule has 0 aliphatic carbocycles. The van der Waals surface area contributed by atoms with Gasteiger partial charge in [-0.1, -0.05) is 0 Å². The zero-order chi connectivity index (χ0) is 7.28. The molecule has 1 unspecified atom stereocenters. The molecule has 0 spiro atoms. The van der Waals surface area contributed by atoms with Gasteiger partial charge in [0.2, 0.25) is 5.34 Å². The van der Waals surface area contributed by atoms with E-state index in [0.29, 0.717) is 0 Å². The molecule has 0 saturated heterocycles. The quantitative estimate of drug-likeness (QED) is 0.319. The molecule has 0 heterocycles. The molecule has 0 radical (unpaired) electrons. The van der Waals surface area contributed by atoms with Crippen molar-refractivity contribution < 1.29 is 14.7 Å². The van der Waals surface area contributed by atoms with Gasteiger partial charge in [-0.25, -0.2) is 9.68 Å². The molecule has 0 aromatic carbocycles. The fourth-order valence-electron chi connectivity index (χ4n) is 0.128. The second-order valence-corrected chi connectivity index (χ2v) is 1.34. The fraction of sp³-hybridized carbons (Fsp3) is 0.667. The Bertz CT molecular complexity index is 112. The van der Waals surface area contributed by atoms with Crippen molar-refractivity contribution >= 4 is 5.97 Å². The first-order valence-electron chi connectivity index (χ1n) is 2.14. The molecule has 0 bridgehead atoms. The Morgan fingerprint density at radius 3 is 2.67 bits per heavy atom. The van der Waals surface area contributed by atoms with Crippen LogP contribution in [0, 0.1) is 4.91 Å². The first kappa shape index (κ1) is 7.83. The van der Waals surface area contributed by atoms with Gasteiger partial charge in [0, 0.05) is 0 Å². The predicted octanol–water partition coefficient (Wildman–Crippen LogP) is -0.510. The summed E-state index contributed by atoms with van der Waals surface area (Å²) in [6.07, 6.45) is 0. The van der Waals surface area contributed by atoms with Crippen LogP contribution >= 0.6 is 0 Å². The highest BCUT2D eigenvalue weighted by atomic mass is 17.3. The van der Waals surface area contributed by atoms with Crippen LogP contribution in [0.3, 0.4) is 0 Å². The molecule has 0 aromatic heterocycles. The van der Waals surface area contributed by atoms with Crippen LogP contribution in [0.5, 0.6) is 0 Å². The van der Waals surface area contributed by atoms with E-state index in [9.17, 15) is 4.79 Å². The zero-order valence-corrected chi connectivity index (χ0v) is 4.73. The highest BCUT2D eigenvalue weighted by Gasteiger charge is 2.09. The van der Waals surface area contributed by atoms with Gasteiger partial charge in [0.1, 0.15) is 6.04 Å². The van der Waals surface area contributed by atoms with Crippen LogP contribution in [0.25, 0.3) is 0 Å². The maximum atomic E-state index is 10.2. The van der Waals surface area contributed by atoms with Gasteiger partial charge in [-0.3, -0.25) is 0 Å². The Kier molecular flexibility index (Phi) is 3.29. The van der Waals surface area contributed by atoms with Gasteiger partial charge in [0.05, 0.1) is 0 Å². The van der Waals surface area contributed by atoms with E-state index in [1.807, 2.05) is 5.34 Å². The summed E-state index contributed by atoms with van der Waals surface area (Å²) >= 11 is 0. The second kappa shape index (κ2) is 3.79. The van der Waals surface area contributed by atoms with E-state index < -0.39 is 12.0 Å². The molecule has 52 valence electrons. The molecule has 1 atom stereocenters. The lowest BCUT2D eigenvalue weighted by molar-refractivity contribution is -0.275. The highest BCUT2D eigenvalue weighted by Crippen LogP contribution is 1.84. The van der Waals surface area contributed by atoms with Crippen molar-refractivity contribution in [2.24, 2.45) is 11.1 Å². The summed E-state index contributed by atoms with van der Waals surface area (Å²) in [5, 5.41) is 1.81. The summed E-state index contributed by atoms with van der Waals surface area (Å²) in [5.74, 6) is -0.838. The maximum absolute atomic E-state index is 10.2. The lowest BCUT2D eigenvalue weighted by Gasteiger charge is -1.97. The molecular weight excluding hydrogens is 128 g/mol. The molecule has 6 heteroatoms. The van der Waals surface area contributed by atoms with Crippen LogP contribution in [0.2, 0.25) is 0 Å². The predicted molar refractivity (Wildman–Crippen MR) is 26.6 cm³/mol. The fourth-order valence-corrected chi connectivity index (χ4v) is 0.128. The van der Waals surface area contributed by atoms with Crippen molar-refractivity contribution in [2.75, 3.05) is 0 Å². The minimum atomic E-state index is -0.838. The number of hydrogen-bond acceptors (Lipinski definition) is 6. The first-order chi connectivity index (χ1) is 4.18. The summed E-state index contributed by atoms with van der Waals surface area (Å²) in [4.78, 5) is 26.5. The van der Waals surface area contributed by atoms with E-state index in [-0.39, 0.29) is 0 Å². The van der Waals surface area contributed by atoms with Crippen molar-refractivity contribution in [3.63, 3.8) is 0 Å². The van der Waals surface area contributed by atoms with Crippen LogP contribution in [-0.2, 0) is 14.7 Å². The van der Waals surface area contributed by atoms with Crippen LogP contribution in [0.1, 0.15) is 6.92 Å². The average molecular weight is 134 g/mol. The van der Waals surface area contributed by atoms with E-state index in [4.69, 9.17) is 10.6 Å². The van der Waals surface area contributed by atoms with E-state index in [0.717, 1.165) is 0 Å². The van der Waals surface area contributed by atoms with Crippen LogP contribution < -0.4 is 5.73 Å². The minimum Gasteiger partial charge on any atom is -0.319 e. The van der Waals surface area contributed by atoms with E-state index in [1.54, 1.807) is 0 Å². The van der Waals surface area contributed by atoms with Gasteiger partial charge in [0.15, 0.2) is 0 Å². The van der Waals surface area contributed by atoms with Crippen molar-refractivity contribution in [3.8, 4) is 0 Å². The average Bonchev–Trinajstić information content (AvgIpc) is 1.82. The second-order valence-electron chi connectivity index (χ2n) is 1.34. The van der Waals surface area contributed by atoms with Crippen molar-refractivity contribution in [2.45, 2.75) is 13.0 Å². The summed E-state index contributed by atoms with van der Waals surface area (Å²) in [6, 6.07) is -0.813. The van der Waals surface area contributed by atoms with Crippen molar-refractivity contribution in [1.82, 2.24) is 0 Å². The lowest BCUT2D eigenvalue weighted by atomic mass is 10.4. The lowest BCUT2D eigenvalue weighted by Crippen LogP contribution is -2.28. The summed E-state index contributed by atoms with van der Waals surface area (Å²) in [6.45, 7) is 1.39. The normalized spacial score (nSPS) is 11.8. The summed E-state index contributed by atoms with van der Waals surface area (Å²) in [7, 11) is 0. The minimum absolute atomic E-state index is 0.813. The third kappa shape index (κ3) is 3.42. The van der Waals surface area contributed by atoms with E-state index in [1.165, 1.54) is 6.92 Å². The van der Waals surface area contributed by atoms with Crippen molar-refractivity contribution in [3.05, 3.63) is 4.91 Å². The molecule has 0 aliphatic rings. The monoisotopic (exact) mass is 134 g/mol. The molecule has 2 N–H and O–H groups in total. The molecular formula is C3H6N2O4. The van der Waals surface area contributed by atoms with Crippen molar-refractivity contribution in [1.29, 1.82) is 0 Å². The Labute approximate surface area is 50.8 Å². The SMILES string of the molecule is CC(N)C(=O)OON=O. The van der Waals surface area contributed by atoms with Gasteiger partial charge in [-0.2, -0.15) is 0 Å². The number of carbonyl (C=O) groups excluding carboxylic acids is 1. The third-order valence-electron chi connectivity index (χ3n) is 0.522. The summed E-state index contributed by atoms with van der Waals surface area (Å²) in [5.41, 5.74) is 4.98. The smallest absolute Gasteiger partial charge is 0.319 e. The van der Waals surface area contributed by atoms with Gasteiger partial charge in [0.25, 0.3) is 0 Å². The standard InChI is InChI=1S/C3H6N2O4/c1-2(4)3(6)8-9-5-7/h2H,4H2,1H3. The van der Waals surface area contributed by atoms with Crippen LogP contribution in [-0.4, -0.2) is 12.0 Å². The van der Waals surface area contributed by atoms with Gasteiger partial charge in [-0.15, -0.1) is 9.90 Å². The topological polar surface area (TPSA) is 91.0 Å². The molecule has 0 aliphatic heterocycles. The third-order valence-corrected chi connectivity index (χ3v) is 0.522. The zero-order valence-electron chi connectivity index (χ0n) is 4.73. The van der Waals surface area contributed by atoms with Gasteiger partial charge < -0.3 is 5.73 Å². The maximum Gasteiger partial charge on any atom is 0.374 e. The number of carbonyl (C=O) groups is 1. The Morgan fingerprint density at radius 2 is 2.33 bits per heavy atom. The Hall–Kier alpha value is -1.17. The Morgan fingerprint density at radius 1 is 1.78 bits per heavy atom. The summed E-state index contributed by atoms with van der Waals surface area (Å²) < 4.78 is 0. The molecule has 0 amide bonds. The molecule has 0 fully saturated rings. The molecule has 0 aromatic rings. The molecule has 6 nitrogen and oxygen atoms in total. The Balaban J connectivity index is 3.38. The van der Waals surface area contributed by atoms with Gasteiger partial charge in [-0.05, 0) is 6.92 Å². The number of rotatable bonds is 3. The van der Waals surface area contributed by atoms with Crippen LogP contribution in [0.4, 0.5) is 0 Å². The molecule has 9 heavy (non-hydrogen) atoms.